The van der Waals surface area contributed by atoms with Crippen LogP contribution in [0.3, 0.4) is 0 Å². The van der Waals surface area contributed by atoms with Gasteiger partial charge in [0.1, 0.15) is 11.5 Å². The molecule has 2 N–H and O–H groups in total. The number of hydrogen-bond donors (Lipinski definition) is 1. The summed E-state index contributed by atoms with van der Waals surface area (Å²) in [6, 6.07) is 7.49. The van der Waals surface area contributed by atoms with Crippen LogP contribution in [0.4, 0.5) is 0 Å². The predicted molar refractivity (Wildman–Crippen MR) is 70.5 cm³/mol. The van der Waals surface area contributed by atoms with Crippen LogP contribution in [-0.2, 0) is 0 Å². The quantitative estimate of drug-likeness (QED) is 0.896. The van der Waals surface area contributed by atoms with Gasteiger partial charge in [0, 0.05) is 12.2 Å². The van der Waals surface area contributed by atoms with E-state index in [0.717, 1.165) is 23.6 Å². The van der Waals surface area contributed by atoms with Gasteiger partial charge >= 0.3 is 0 Å². The number of aromatic nitrogens is 2. The van der Waals surface area contributed by atoms with Crippen molar-refractivity contribution in [3.63, 3.8) is 0 Å². The van der Waals surface area contributed by atoms with Gasteiger partial charge in [0.2, 0.25) is 0 Å². The fourth-order valence-electron chi connectivity index (χ4n) is 1.58. The molecule has 0 aromatic carbocycles. The van der Waals surface area contributed by atoms with Gasteiger partial charge in [-0.2, -0.15) is 0 Å². The maximum absolute atomic E-state index is 5.91. The lowest BCUT2D eigenvalue weighted by Crippen LogP contribution is -2.10. The average molecular weight is 243 g/mol. The molecule has 4 nitrogen and oxygen atoms in total. The van der Waals surface area contributed by atoms with E-state index >= 15 is 0 Å². The van der Waals surface area contributed by atoms with E-state index in [1.165, 1.54) is 0 Å². The smallest absolute Gasteiger partial charge is 0.148 e. The molecule has 18 heavy (non-hydrogen) atoms. The lowest BCUT2D eigenvalue weighted by Gasteiger charge is -2.10. The third kappa shape index (κ3) is 2.84. The second kappa shape index (κ2) is 5.60. The molecule has 4 heteroatoms. The normalized spacial score (nSPS) is 12.2. The molecule has 0 spiro atoms. The zero-order chi connectivity index (χ0) is 13.0. The first kappa shape index (κ1) is 12.5. The third-order valence-electron chi connectivity index (χ3n) is 2.77. The van der Waals surface area contributed by atoms with Crippen molar-refractivity contribution in [1.29, 1.82) is 0 Å². The summed E-state index contributed by atoms with van der Waals surface area (Å²) in [6.45, 7) is 3.94. The van der Waals surface area contributed by atoms with E-state index in [-0.39, 0.29) is 6.04 Å². The van der Waals surface area contributed by atoms with Crippen molar-refractivity contribution in [2.75, 3.05) is 0 Å². The first-order chi connectivity index (χ1) is 8.70. The average Bonchev–Trinajstić information content (AvgIpc) is 2.41. The molecule has 2 aromatic heterocycles. The van der Waals surface area contributed by atoms with Crippen LogP contribution in [0.1, 0.15) is 30.8 Å². The SMILES string of the molecule is CC[C@H](N)c1ccc(Oc2cccnc2C)cn1. The summed E-state index contributed by atoms with van der Waals surface area (Å²) in [5.74, 6) is 1.44. The summed E-state index contributed by atoms with van der Waals surface area (Å²) in [6.07, 6.45) is 4.30. The van der Waals surface area contributed by atoms with Crippen LogP contribution in [-0.4, -0.2) is 9.97 Å². The van der Waals surface area contributed by atoms with Gasteiger partial charge in [-0.25, -0.2) is 0 Å². The van der Waals surface area contributed by atoms with Crippen LogP contribution >= 0.6 is 0 Å². The lowest BCUT2D eigenvalue weighted by molar-refractivity contribution is 0.472. The molecule has 2 heterocycles. The Morgan fingerprint density at radius 1 is 1.28 bits per heavy atom. The highest BCUT2D eigenvalue weighted by molar-refractivity contribution is 5.32. The van der Waals surface area contributed by atoms with Crippen molar-refractivity contribution < 1.29 is 4.74 Å². The number of aryl methyl sites for hydroxylation is 1. The molecule has 0 saturated heterocycles. The molecule has 0 bridgehead atoms. The van der Waals surface area contributed by atoms with Crippen molar-refractivity contribution in [2.45, 2.75) is 26.3 Å². The second-order valence-electron chi connectivity index (χ2n) is 4.12. The maximum atomic E-state index is 5.91. The Kier molecular flexibility index (Phi) is 3.89. The molecular weight excluding hydrogens is 226 g/mol. The first-order valence-corrected chi connectivity index (χ1v) is 6.01. The highest BCUT2D eigenvalue weighted by atomic mass is 16.5. The van der Waals surface area contributed by atoms with Crippen molar-refractivity contribution >= 4 is 0 Å². The van der Waals surface area contributed by atoms with Crippen LogP contribution in [0.15, 0.2) is 36.7 Å². The molecule has 0 aliphatic heterocycles. The van der Waals surface area contributed by atoms with E-state index in [1.54, 1.807) is 12.4 Å². The molecule has 0 fully saturated rings. The largest absolute Gasteiger partial charge is 0.454 e. The molecule has 0 amide bonds. The summed E-state index contributed by atoms with van der Waals surface area (Å²) in [4.78, 5) is 8.47. The summed E-state index contributed by atoms with van der Waals surface area (Å²) in [7, 11) is 0. The van der Waals surface area contributed by atoms with Crippen molar-refractivity contribution in [2.24, 2.45) is 5.73 Å². The monoisotopic (exact) mass is 243 g/mol. The fraction of sp³-hybridized carbons (Fsp3) is 0.286. The Labute approximate surface area is 107 Å². The highest BCUT2D eigenvalue weighted by Crippen LogP contribution is 2.23. The molecule has 2 rings (SSSR count). The van der Waals surface area contributed by atoms with Crippen LogP contribution in [0.2, 0.25) is 0 Å². The molecule has 0 aliphatic rings. The van der Waals surface area contributed by atoms with Crippen LogP contribution < -0.4 is 10.5 Å². The molecule has 2 aromatic rings. The molecule has 0 radical (unpaired) electrons. The summed E-state index contributed by atoms with van der Waals surface area (Å²) < 4.78 is 5.71. The van der Waals surface area contributed by atoms with Gasteiger partial charge in [-0.05, 0) is 37.6 Å². The zero-order valence-corrected chi connectivity index (χ0v) is 10.6. The standard InChI is InChI=1S/C14H17N3O/c1-3-12(15)13-7-6-11(9-17-13)18-14-5-4-8-16-10(14)2/h4-9,12H,3,15H2,1-2H3/t12-/m0/s1. The number of pyridine rings is 2. The van der Waals surface area contributed by atoms with E-state index in [2.05, 4.69) is 9.97 Å². The van der Waals surface area contributed by atoms with Crippen molar-refractivity contribution in [3.8, 4) is 11.5 Å². The van der Waals surface area contributed by atoms with E-state index in [9.17, 15) is 0 Å². The van der Waals surface area contributed by atoms with Crippen LogP contribution in [0.25, 0.3) is 0 Å². The Balaban J connectivity index is 2.14. The summed E-state index contributed by atoms with van der Waals surface area (Å²) in [5, 5.41) is 0. The van der Waals surface area contributed by atoms with Crippen molar-refractivity contribution in [1.82, 2.24) is 9.97 Å². The van der Waals surface area contributed by atoms with Gasteiger partial charge in [-0.3, -0.25) is 9.97 Å². The van der Waals surface area contributed by atoms with Gasteiger partial charge in [-0.15, -0.1) is 0 Å². The Bertz CT molecular complexity index is 511. The Morgan fingerprint density at radius 2 is 2.11 bits per heavy atom. The van der Waals surface area contributed by atoms with Crippen molar-refractivity contribution in [3.05, 3.63) is 48.0 Å². The topological polar surface area (TPSA) is 61.0 Å². The molecular formula is C14H17N3O. The number of rotatable bonds is 4. The Morgan fingerprint density at radius 3 is 2.72 bits per heavy atom. The number of nitrogens with zero attached hydrogens (tertiary/aromatic N) is 2. The van der Waals surface area contributed by atoms with Gasteiger partial charge in [0.05, 0.1) is 17.6 Å². The second-order valence-corrected chi connectivity index (χ2v) is 4.12. The fourth-order valence-corrected chi connectivity index (χ4v) is 1.58. The maximum Gasteiger partial charge on any atom is 0.148 e. The van der Waals surface area contributed by atoms with Gasteiger partial charge in [0.25, 0.3) is 0 Å². The number of hydrogen-bond acceptors (Lipinski definition) is 4. The minimum Gasteiger partial charge on any atom is -0.454 e. The lowest BCUT2D eigenvalue weighted by atomic mass is 10.1. The zero-order valence-electron chi connectivity index (χ0n) is 10.6. The molecule has 0 aliphatic carbocycles. The summed E-state index contributed by atoms with van der Waals surface area (Å²) >= 11 is 0. The van der Waals surface area contributed by atoms with Crippen LogP contribution in [0, 0.1) is 6.92 Å². The highest BCUT2D eigenvalue weighted by Gasteiger charge is 2.06. The molecule has 0 unspecified atom stereocenters. The van der Waals surface area contributed by atoms with Crippen LogP contribution in [0.5, 0.6) is 11.5 Å². The van der Waals surface area contributed by atoms with E-state index in [4.69, 9.17) is 10.5 Å². The van der Waals surface area contributed by atoms with Gasteiger partial charge in [-0.1, -0.05) is 6.92 Å². The molecule has 1 atom stereocenters. The number of ether oxygens (including phenoxy) is 1. The minimum atomic E-state index is -0.0146. The van der Waals surface area contributed by atoms with E-state index in [1.807, 2.05) is 38.1 Å². The van der Waals surface area contributed by atoms with E-state index in [0.29, 0.717) is 5.75 Å². The van der Waals surface area contributed by atoms with Gasteiger partial charge in [0.15, 0.2) is 0 Å². The third-order valence-corrected chi connectivity index (χ3v) is 2.77. The Hall–Kier alpha value is -1.94. The predicted octanol–water partition coefficient (Wildman–Crippen LogP) is 2.99. The van der Waals surface area contributed by atoms with E-state index < -0.39 is 0 Å². The minimum absolute atomic E-state index is 0.0146. The molecule has 94 valence electrons. The molecule has 0 saturated carbocycles. The summed E-state index contributed by atoms with van der Waals surface area (Å²) in [5.41, 5.74) is 7.64. The van der Waals surface area contributed by atoms with Gasteiger partial charge < -0.3 is 10.5 Å². The number of nitrogens with two attached hydrogens (primary N) is 1. The first-order valence-electron chi connectivity index (χ1n) is 6.01.